The third-order valence-electron chi connectivity index (χ3n) is 4.72. The molecule has 2 aliphatic rings. The maximum Gasteiger partial charge on any atom is 0.298 e. The van der Waals surface area contributed by atoms with E-state index >= 15 is 0 Å². The van der Waals surface area contributed by atoms with E-state index in [1.165, 1.54) is 6.92 Å². The summed E-state index contributed by atoms with van der Waals surface area (Å²) < 4.78 is 10.6. The number of nitrogens with one attached hydrogen (secondary N) is 1. The van der Waals surface area contributed by atoms with Gasteiger partial charge in [0.15, 0.2) is 0 Å². The van der Waals surface area contributed by atoms with Crippen LogP contribution in [0.4, 0.5) is 0 Å². The Hall–Kier alpha value is -1.44. The number of carbonyl (C=O) groups excluding carboxylic acids is 2. The standard InChI is InChI=1S/C17H29N3O4/c1-3-23-10-13-5-4-6-20(9-13)16-8-14(24-11-21)7-15(18)17(16)19-12(2)22/h8,11,13,15-17H,3-7,9-10,18H2,1-2H3,(H,19,22)/t13-,15+,16-,17-/m1/s1. The van der Waals surface area contributed by atoms with Crippen LogP contribution in [0.2, 0.25) is 0 Å². The lowest BCUT2D eigenvalue weighted by molar-refractivity contribution is -0.126. The van der Waals surface area contributed by atoms with E-state index in [1.54, 1.807) is 0 Å². The fourth-order valence-corrected chi connectivity index (χ4v) is 3.67. The molecule has 136 valence electrons. The molecule has 4 atom stereocenters. The first-order valence-electron chi connectivity index (χ1n) is 8.70. The van der Waals surface area contributed by atoms with Gasteiger partial charge in [-0.05, 0) is 38.3 Å². The van der Waals surface area contributed by atoms with Crippen LogP contribution < -0.4 is 11.1 Å². The molecule has 1 aliphatic heterocycles. The highest BCUT2D eigenvalue weighted by molar-refractivity contribution is 5.73. The topological polar surface area (TPSA) is 93.9 Å². The van der Waals surface area contributed by atoms with Crippen LogP contribution in [-0.4, -0.2) is 61.7 Å². The van der Waals surface area contributed by atoms with Crippen LogP contribution in [0.5, 0.6) is 0 Å². The van der Waals surface area contributed by atoms with E-state index in [0.29, 0.717) is 24.6 Å². The maximum absolute atomic E-state index is 11.6. The summed E-state index contributed by atoms with van der Waals surface area (Å²) in [5.41, 5.74) is 6.26. The lowest BCUT2D eigenvalue weighted by Gasteiger charge is -2.44. The van der Waals surface area contributed by atoms with Crippen molar-refractivity contribution in [1.82, 2.24) is 10.2 Å². The van der Waals surface area contributed by atoms with Crippen molar-refractivity contribution in [3.8, 4) is 0 Å². The van der Waals surface area contributed by atoms with Gasteiger partial charge < -0.3 is 20.5 Å². The SMILES string of the molecule is CCOC[C@@H]1CCCN([C@@H]2C=C(OC=O)C[C@H](N)[C@H]2NC(C)=O)C1. The zero-order valence-electron chi connectivity index (χ0n) is 14.6. The molecule has 1 amide bonds. The first-order valence-corrected chi connectivity index (χ1v) is 8.70. The molecule has 2 rings (SSSR count). The Morgan fingerprint density at radius 1 is 1.54 bits per heavy atom. The molecule has 0 radical (unpaired) electrons. The highest BCUT2D eigenvalue weighted by Gasteiger charge is 2.37. The Kier molecular flexibility index (Phi) is 7.20. The Bertz CT molecular complexity index is 469. The molecular weight excluding hydrogens is 310 g/mol. The van der Waals surface area contributed by atoms with Crippen molar-refractivity contribution in [3.63, 3.8) is 0 Å². The highest BCUT2D eigenvalue weighted by atomic mass is 16.5. The van der Waals surface area contributed by atoms with E-state index in [1.807, 2.05) is 13.0 Å². The van der Waals surface area contributed by atoms with Gasteiger partial charge in [-0.2, -0.15) is 0 Å². The third kappa shape index (κ3) is 5.03. The summed E-state index contributed by atoms with van der Waals surface area (Å²) in [4.78, 5) is 24.6. The maximum atomic E-state index is 11.6. The summed E-state index contributed by atoms with van der Waals surface area (Å²) in [6.07, 6.45) is 4.59. The Morgan fingerprint density at radius 3 is 3.00 bits per heavy atom. The molecule has 0 bridgehead atoms. The zero-order chi connectivity index (χ0) is 17.5. The summed E-state index contributed by atoms with van der Waals surface area (Å²) in [5, 5.41) is 2.97. The summed E-state index contributed by atoms with van der Waals surface area (Å²) in [6.45, 7) is 7.22. The molecule has 0 spiro atoms. The molecule has 7 nitrogen and oxygen atoms in total. The molecule has 0 unspecified atom stereocenters. The number of amides is 1. The van der Waals surface area contributed by atoms with Gasteiger partial charge in [0.05, 0.1) is 18.7 Å². The number of nitrogens with zero attached hydrogens (tertiary/aromatic N) is 1. The number of rotatable bonds is 7. The molecule has 0 aromatic heterocycles. The van der Waals surface area contributed by atoms with Gasteiger partial charge in [0.25, 0.3) is 6.47 Å². The minimum absolute atomic E-state index is 0.0722. The van der Waals surface area contributed by atoms with E-state index in [2.05, 4.69) is 10.2 Å². The molecular formula is C17H29N3O4. The van der Waals surface area contributed by atoms with Gasteiger partial charge in [-0.1, -0.05) is 0 Å². The number of nitrogens with two attached hydrogens (primary N) is 1. The minimum atomic E-state index is -0.286. The van der Waals surface area contributed by atoms with Crippen LogP contribution in [0.15, 0.2) is 11.8 Å². The van der Waals surface area contributed by atoms with Crippen molar-refractivity contribution in [3.05, 3.63) is 11.8 Å². The normalized spacial score (nSPS) is 31.2. The van der Waals surface area contributed by atoms with E-state index in [0.717, 1.165) is 39.1 Å². The molecule has 0 aromatic carbocycles. The molecule has 0 saturated carbocycles. The molecule has 1 heterocycles. The lowest BCUT2D eigenvalue weighted by Crippen LogP contribution is -2.61. The average Bonchev–Trinajstić information content (AvgIpc) is 2.55. The van der Waals surface area contributed by atoms with Crippen LogP contribution in [-0.2, 0) is 19.1 Å². The summed E-state index contributed by atoms with van der Waals surface area (Å²) in [6, 6.07) is -0.546. The predicted molar refractivity (Wildman–Crippen MR) is 90.0 cm³/mol. The highest BCUT2D eigenvalue weighted by Crippen LogP contribution is 2.27. The second kappa shape index (κ2) is 9.15. The van der Waals surface area contributed by atoms with Gasteiger partial charge in [-0.25, -0.2) is 0 Å². The molecule has 3 N–H and O–H groups in total. The minimum Gasteiger partial charge on any atom is -0.434 e. The number of hydrogen-bond donors (Lipinski definition) is 2. The predicted octanol–water partition coefficient (Wildman–Crippen LogP) is 0.396. The van der Waals surface area contributed by atoms with Crippen LogP contribution in [0, 0.1) is 5.92 Å². The monoisotopic (exact) mass is 339 g/mol. The van der Waals surface area contributed by atoms with E-state index in [9.17, 15) is 9.59 Å². The first kappa shape index (κ1) is 18.9. The smallest absolute Gasteiger partial charge is 0.298 e. The number of piperidine rings is 1. The molecule has 1 aliphatic carbocycles. The average molecular weight is 339 g/mol. The fraction of sp³-hybridized carbons (Fsp3) is 0.765. The molecule has 24 heavy (non-hydrogen) atoms. The largest absolute Gasteiger partial charge is 0.434 e. The number of likely N-dealkylation sites (tertiary alicyclic amines) is 1. The van der Waals surface area contributed by atoms with Crippen molar-refractivity contribution >= 4 is 12.4 Å². The van der Waals surface area contributed by atoms with Gasteiger partial charge in [0.1, 0.15) is 5.76 Å². The fourth-order valence-electron chi connectivity index (χ4n) is 3.67. The van der Waals surface area contributed by atoms with Gasteiger partial charge in [-0.15, -0.1) is 0 Å². The second-order valence-electron chi connectivity index (χ2n) is 6.59. The van der Waals surface area contributed by atoms with E-state index < -0.39 is 0 Å². The third-order valence-corrected chi connectivity index (χ3v) is 4.72. The van der Waals surface area contributed by atoms with Crippen molar-refractivity contribution in [2.24, 2.45) is 11.7 Å². The quantitative estimate of drug-likeness (QED) is 0.652. The van der Waals surface area contributed by atoms with Gasteiger partial charge in [0, 0.05) is 32.5 Å². The number of hydrogen-bond acceptors (Lipinski definition) is 6. The van der Waals surface area contributed by atoms with Crippen molar-refractivity contribution in [2.45, 2.75) is 51.2 Å². The molecule has 7 heteroatoms. The summed E-state index contributed by atoms with van der Waals surface area (Å²) in [5.74, 6) is 0.950. The summed E-state index contributed by atoms with van der Waals surface area (Å²) >= 11 is 0. The van der Waals surface area contributed by atoms with Gasteiger partial charge >= 0.3 is 0 Å². The van der Waals surface area contributed by atoms with Crippen molar-refractivity contribution in [2.75, 3.05) is 26.3 Å². The Morgan fingerprint density at radius 2 is 2.33 bits per heavy atom. The Labute approximate surface area is 143 Å². The van der Waals surface area contributed by atoms with Crippen LogP contribution >= 0.6 is 0 Å². The van der Waals surface area contributed by atoms with E-state index in [4.69, 9.17) is 15.2 Å². The van der Waals surface area contributed by atoms with Crippen molar-refractivity contribution in [1.29, 1.82) is 0 Å². The molecule has 1 saturated heterocycles. The van der Waals surface area contributed by atoms with Crippen LogP contribution in [0.25, 0.3) is 0 Å². The Balaban J connectivity index is 2.14. The van der Waals surface area contributed by atoms with Crippen LogP contribution in [0.3, 0.4) is 0 Å². The van der Waals surface area contributed by atoms with Crippen molar-refractivity contribution < 1.29 is 19.1 Å². The van der Waals surface area contributed by atoms with Crippen LogP contribution in [0.1, 0.15) is 33.1 Å². The number of carbonyl (C=O) groups is 2. The van der Waals surface area contributed by atoms with Gasteiger partial charge in [0.2, 0.25) is 5.91 Å². The first-order chi connectivity index (χ1) is 11.5. The molecule has 0 aromatic rings. The van der Waals surface area contributed by atoms with Gasteiger partial charge in [-0.3, -0.25) is 14.5 Å². The van der Waals surface area contributed by atoms with E-state index in [-0.39, 0.29) is 24.0 Å². The molecule has 1 fully saturated rings. The summed E-state index contributed by atoms with van der Waals surface area (Å²) in [7, 11) is 0. The zero-order valence-corrected chi connectivity index (χ0v) is 14.6. The second-order valence-corrected chi connectivity index (χ2v) is 6.59. The number of ether oxygens (including phenoxy) is 2. The lowest BCUT2D eigenvalue weighted by atomic mass is 9.87.